The summed E-state index contributed by atoms with van der Waals surface area (Å²) >= 11 is 0. The van der Waals surface area contributed by atoms with Gasteiger partial charge in [0.1, 0.15) is 0 Å². The standard InChI is InChI=1S/C12H21NO3S/c13-1-2-16-17(14,15)12-6-9-3-10(7-12)5-11(4-9)8-12/h9-11H,1-8,13H2. The predicted octanol–water partition coefficient (Wildman–Crippen LogP) is 1.26. The van der Waals surface area contributed by atoms with Crippen LogP contribution in [0.5, 0.6) is 0 Å². The van der Waals surface area contributed by atoms with Gasteiger partial charge in [-0.15, -0.1) is 0 Å². The van der Waals surface area contributed by atoms with E-state index in [1.165, 1.54) is 19.3 Å². The Morgan fingerprint density at radius 3 is 1.94 bits per heavy atom. The van der Waals surface area contributed by atoms with E-state index in [1.807, 2.05) is 0 Å². The molecule has 17 heavy (non-hydrogen) atoms. The summed E-state index contributed by atoms with van der Waals surface area (Å²) in [6.07, 6.45) is 6.20. The lowest BCUT2D eigenvalue weighted by Gasteiger charge is -2.55. The van der Waals surface area contributed by atoms with E-state index in [2.05, 4.69) is 0 Å². The van der Waals surface area contributed by atoms with E-state index in [4.69, 9.17) is 9.92 Å². The molecule has 0 radical (unpaired) electrons. The minimum Gasteiger partial charge on any atom is -0.328 e. The van der Waals surface area contributed by atoms with Crippen LogP contribution in [-0.2, 0) is 14.3 Å². The zero-order chi connectivity index (χ0) is 12.1. The summed E-state index contributed by atoms with van der Waals surface area (Å²) in [5.41, 5.74) is 5.34. The molecule has 0 unspecified atom stereocenters. The van der Waals surface area contributed by atoms with Gasteiger partial charge in [-0.05, 0) is 56.3 Å². The molecule has 5 heteroatoms. The Kier molecular flexibility index (Phi) is 2.76. The van der Waals surface area contributed by atoms with Crippen molar-refractivity contribution in [3.8, 4) is 0 Å². The lowest BCUT2D eigenvalue weighted by molar-refractivity contribution is 0.0284. The van der Waals surface area contributed by atoms with Crippen LogP contribution in [0, 0.1) is 17.8 Å². The van der Waals surface area contributed by atoms with E-state index in [0.717, 1.165) is 19.3 Å². The summed E-state index contributed by atoms with van der Waals surface area (Å²) in [6, 6.07) is 0. The second-order valence-corrected chi connectivity index (χ2v) is 8.18. The van der Waals surface area contributed by atoms with Gasteiger partial charge in [0.05, 0.1) is 11.4 Å². The van der Waals surface area contributed by atoms with Crippen molar-refractivity contribution in [1.82, 2.24) is 0 Å². The smallest absolute Gasteiger partial charge is 0.273 e. The summed E-state index contributed by atoms with van der Waals surface area (Å²) in [6.45, 7) is 0.398. The van der Waals surface area contributed by atoms with Gasteiger partial charge in [-0.25, -0.2) is 0 Å². The van der Waals surface area contributed by atoms with E-state index >= 15 is 0 Å². The first-order chi connectivity index (χ1) is 8.05. The molecule has 4 rings (SSSR count). The average Bonchev–Trinajstić information content (AvgIpc) is 2.24. The van der Waals surface area contributed by atoms with Gasteiger partial charge in [0, 0.05) is 6.54 Å². The maximum atomic E-state index is 12.4. The molecule has 0 atom stereocenters. The Balaban J connectivity index is 1.86. The Morgan fingerprint density at radius 1 is 1.06 bits per heavy atom. The van der Waals surface area contributed by atoms with Crippen molar-refractivity contribution in [2.24, 2.45) is 23.5 Å². The van der Waals surface area contributed by atoms with E-state index < -0.39 is 14.9 Å². The molecule has 0 saturated heterocycles. The Bertz CT molecular complexity index is 369. The number of nitrogens with two attached hydrogens (primary N) is 1. The largest absolute Gasteiger partial charge is 0.328 e. The second kappa shape index (κ2) is 3.93. The zero-order valence-electron chi connectivity index (χ0n) is 10.1. The third kappa shape index (κ3) is 1.83. The summed E-state index contributed by atoms with van der Waals surface area (Å²) < 4.78 is 29.3. The molecular weight excluding hydrogens is 238 g/mol. The minimum atomic E-state index is -3.42. The van der Waals surface area contributed by atoms with Crippen LogP contribution in [0.4, 0.5) is 0 Å². The fourth-order valence-corrected chi connectivity index (χ4v) is 6.51. The van der Waals surface area contributed by atoms with Crippen LogP contribution in [0.2, 0.25) is 0 Å². The molecule has 0 spiro atoms. The van der Waals surface area contributed by atoms with Crippen LogP contribution in [0.25, 0.3) is 0 Å². The fourth-order valence-electron chi connectivity index (χ4n) is 4.62. The van der Waals surface area contributed by atoms with Crippen LogP contribution in [0.15, 0.2) is 0 Å². The highest BCUT2D eigenvalue weighted by Crippen LogP contribution is 2.58. The van der Waals surface area contributed by atoms with Crippen LogP contribution in [-0.4, -0.2) is 26.3 Å². The van der Waals surface area contributed by atoms with Crippen molar-refractivity contribution in [2.45, 2.75) is 43.3 Å². The molecule has 0 aliphatic heterocycles. The quantitative estimate of drug-likeness (QED) is 0.772. The Hall–Kier alpha value is -0.130. The van der Waals surface area contributed by atoms with E-state index in [1.54, 1.807) is 0 Å². The first-order valence-electron chi connectivity index (χ1n) is 6.64. The van der Waals surface area contributed by atoms with Crippen molar-refractivity contribution < 1.29 is 12.6 Å². The Labute approximate surface area is 103 Å². The van der Waals surface area contributed by atoms with Gasteiger partial charge in [0.15, 0.2) is 0 Å². The van der Waals surface area contributed by atoms with Gasteiger partial charge in [-0.1, -0.05) is 0 Å². The molecule has 4 fully saturated rings. The summed E-state index contributed by atoms with van der Waals surface area (Å²) in [7, 11) is -3.42. The van der Waals surface area contributed by atoms with Crippen LogP contribution in [0.3, 0.4) is 0 Å². The number of hydrogen-bond acceptors (Lipinski definition) is 4. The van der Waals surface area contributed by atoms with Crippen LogP contribution < -0.4 is 5.73 Å². The average molecular weight is 259 g/mol. The maximum absolute atomic E-state index is 12.4. The molecule has 4 saturated carbocycles. The molecule has 0 aromatic carbocycles. The van der Waals surface area contributed by atoms with Gasteiger partial charge in [-0.3, -0.25) is 4.18 Å². The molecule has 4 bridgehead atoms. The zero-order valence-corrected chi connectivity index (χ0v) is 10.9. The van der Waals surface area contributed by atoms with Crippen molar-refractivity contribution in [3.63, 3.8) is 0 Å². The van der Waals surface area contributed by atoms with Crippen molar-refractivity contribution >= 4 is 10.1 Å². The monoisotopic (exact) mass is 259 g/mol. The van der Waals surface area contributed by atoms with Gasteiger partial charge < -0.3 is 5.73 Å². The van der Waals surface area contributed by atoms with E-state index in [-0.39, 0.29) is 13.2 Å². The summed E-state index contributed by atoms with van der Waals surface area (Å²) in [5.74, 6) is 1.87. The first kappa shape index (κ1) is 11.9. The van der Waals surface area contributed by atoms with E-state index in [9.17, 15) is 8.42 Å². The predicted molar refractivity (Wildman–Crippen MR) is 64.8 cm³/mol. The molecule has 4 aliphatic rings. The lowest BCUT2D eigenvalue weighted by atomic mass is 9.56. The molecule has 0 amide bonds. The number of rotatable bonds is 4. The number of hydrogen-bond donors (Lipinski definition) is 1. The normalized spacial score (nSPS) is 44.2. The molecule has 0 heterocycles. The summed E-state index contributed by atoms with van der Waals surface area (Å²) in [5, 5.41) is 0. The topological polar surface area (TPSA) is 69.4 Å². The molecule has 0 aromatic rings. The highest BCUT2D eigenvalue weighted by atomic mass is 32.2. The van der Waals surface area contributed by atoms with E-state index in [0.29, 0.717) is 17.8 Å². The second-order valence-electron chi connectivity index (χ2n) is 6.17. The van der Waals surface area contributed by atoms with Gasteiger partial charge in [-0.2, -0.15) is 8.42 Å². The lowest BCUT2D eigenvalue weighted by Crippen LogP contribution is -2.55. The van der Waals surface area contributed by atoms with Crippen molar-refractivity contribution in [3.05, 3.63) is 0 Å². The molecule has 4 nitrogen and oxygen atoms in total. The van der Waals surface area contributed by atoms with Gasteiger partial charge in [0.2, 0.25) is 0 Å². The maximum Gasteiger partial charge on any atom is 0.273 e. The van der Waals surface area contributed by atoms with Crippen molar-refractivity contribution in [1.29, 1.82) is 0 Å². The minimum absolute atomic E-state index is 0.129. The molecule has 0 aromatic heterocycles. The highest BCUT2D eigenvalue weighted by molar-refractivity contribution is 7.88. The fraction of sp³-hybridized carbons (Fsp3) is 1.00. The van der Waals surface area contributed by atoms with Gasteiger partial charge in [0.25, 0.3) is 10.1 Å². The third-order valence-corrected chi connectivity index (χ3v) is 6.91. The molecule has 98 valence electrons. The Morgan fingerprint density at radius 2 is 1.53 bits per heavy atom. The summed E-state index contributed by atoms with van der Waals surface area (Å²) in [4.78, 5) is 0. The van der Waals surface area contributed by atoms with Crippen molar-refractivity contribution in [2.75, 3.05) is 13.2 Å². The van der Waals surface area contributed by atoms with Crippen LogP contribution >= 0.6 is 0 Å². The first-order valence-corrected chi connectivity index (χ1v) is 8.04. The third-order valence-electron chi connectivity index (χ3n) is 4.87. The van der Waals surface area contributed by atoms with Gasteiger partial charge >= 0.3 is 0 Å². The molecular formula is C12H21NO3S. The molecule has 2 N–H and O–H groups in total. The molecule has 4 aliphatic carbocycles. The highest BCUT2D eigenvalue weighted by Gasteiger charge is 2.58. The van der Waals surface area contributed by atoms with Crippen LogP contribution in [0.1, 0.15) is 38.5 Å². The SMILES string of the molecule is NCCOS(=O)(=O)C12CC3CC(CC(C3)C1)C2.